The third-order valence-corrected chi connectivity index (χ3v) is 3.59. The summed E-state index contributed by atoms with van der Waals surface area (Å²) in [7, 11) is 3.18. The number of nitrogens with zero attached hydrogens (tertiary/aromatic N) is 4. The maximum atomic E-state index is 5.87. The van der Waals surface area contributed by atoms with Crippen LogP contribution in [0.25, 0.3) is 5.13 Å². The molecule has 2 heterocycles. The monoisotopic (exact) mass is 318 g/mol. The average molecular weight is 318 g/mol. The molecule has 3 N–H and O–H groups in total. The van der Waals surface area contributed by atoms with E-state index in [0.717, 1.165) is 5.69 Å². The van der Waals surface area contributed by atoms with E-state index in [9.17, 15) is 0 Å². The highest BCUT2D eigenvalue weighted by Gasteiger charge is 2.11. The lowest BCUT2D eigenvalue weighted by atomic mass is 10.3. The van der Waals surface area contributed by atoms with Crippen LogP contribution in [0.4, 0.5) is 17.6 Å². The Morgan fingerprint density at radius 1 is 1.18 bits per heavy atom. The molecular weight excluding hydrogens is 304 g/mol. The van der Waals surface area contributed by atoms with Gasteiger partial charge in [0.1, 0.15) is 11.5 Å². The fourth-order valence-corrected chi connectivity index (χ4v) is 2.45. The van der Waals surface area contributed by atoms with E-state index in [1.165, 1.54) is 16.0 Å². The topological polar surface area (TPSA) is 100 Å². The Morgan fingerprint density at radius 2 is 1.91 bits per heavy atom. The third-order valence-electron chi connectivity index (χ3n) is 2.84. The van der Waals surface area contributed by atoms with E-state index in [1.807, 2.05) is 17.5 Å². The standard InChI is InChI=1S/C13H14N6O2S/c1-20-9-5-8(6-10(7-9)21-2)16-12-17-11(14)19(18-12)13-15-3-4-22-13/h3-7H,1-2H3,(H3,14,16,17,18). The molecule has 0 saturated carbocycles. The van der Waals surface area contributed by atoms with Crippen LogP contribution in [0.3, 0.4) is 0 Å². The minimum atomic E-state index is 0.257. The van der Waals surface area contributed by atoms with Crippen molar-refractivity contribution in [3.8, 4) is 16.6 Å². The summed E-state index contributed by atoms with van der Waals surface area (Å²) in [6.07, 6.45) is 1.68. The summed E-state index contributed by atoms with van der Waals surface area (Å²) in [6, 6.07) is 5.40. The molecule has 0 bridgehead atoms. The van der Waals surface area contributed by atoms with Gasteiger partial charge < -0.3 is 20.5 Å². The molecule has 9 heteroatoms. The summed E-state index contributed by atoms with van der Waals surface area (Å²) < 4.78 is 11.9. The lowest BCUT2D eigenvalue weighted by Gasteiger charge is -2.08. The van der Waals surface area contributed by atoms with Crippen molar-refractivity contribution in [1.29, 1.82) is 0 Å². The summed E-state index contributed by atoms with van der Waals surface area (Å²) in [5, 5.41) is 9.86. The molecule has 0 amide bonds. The summed E-state index contributed by atoms with van der Waals surface area (Å²) in [5.74, 6) is 1.94. The molecule has 3 aromatic rings. The van der Waals surface area contributed by atoms with Crippen LogP contribution in [-0.2, 0) is 0 Å². The molecular formula is C13H14N6O2S. The number of aromatic nitrogens is 4. The number of methoxy groups -OCH3 is 2. The molecule has 0 aliphatic carbocycles. The van der Waals surface area contributed by atoms with Crippen molar-refractivity contribution < 1.29 is 9.47 Å². The number of hydrogen-bond donors (Lipinski definition) is 2. The van der Waals surface area contributed by atoms with E-state index in [4.69, 9.17) is 15.2 Å². The molecule has 3 rings (SSSR count). The first-order valence-electron chi connectivity index (χ1n) is 6.32. The largest absolute Gasteiger partial charge is 0.497 e. The highest BCUT2D eigenvalue weighted by molar-refractivity contribution is 7.12. The SMILES string of the molecule is COc1cc(Nc2nc(N)n(-c3nccs3)n2)cc(OC)c1. The van der Waals surface area contributed by atoms with E-state index in [2.05, 4.69) is 20.4 Å². The van der Waals surface area contributed by atoms with Crippen molar-refractivity contribution in [1.82, 2.24) is 19.7 Å². The second kappa shape index (κ2) is 5.90. The maximum absolute atomic E-state index is 5.87. The first-order valence-corrected chi connectivity index (χ1v) is 7.20. The molecule has 0 aliphatic heterocycles. The van der Waals surface area contributed by atoms with E-state index < -0.39 is 0 Å². The van der Waals surface area contributed by atoms with Gasteiger partial charge >= 0.3 is 0 Å². The summed E-state index contributed by atoms with van der Waals surface area (Å²) >= 11 is 1.42. The quantitative estimate of drug-likeness (QED) is 0.742. The predicted molar refractivity (Wildman–Crippen MR) is 84.3 cm³/mol. The average Bonchev–Trinajstić information content (AvgIpc) is 3.16. The van der Waals surface area contributed by atoms with Crippen LogP contribution in [0, 0.1) is 0 Å². The molecule has 114 valence electrons. The minimum Gasteiger partial charge on any atom is -0.497 e. The molecule has 0 saturated heterocycles. The zero-order valence-corrected chi connectivity index (χ0v) is 12.8. The fraction of sp³-hybridized carbons (Fsp3) is 0.154. The van der Waals surface area contributed by atoms with E-state index in [1.54, 1.807) is 26.5 Å². The van der Waals surface area contributed by atoms with Crippen molar-refractivity contribution >= 4 is 28.9 Å². The smallest absolute Gasteiger partial charge is 0.248 e. The van der Waals surface area contributed by atoms with Gasteiger partial charge in [0.2, 0.25) is 17.0 Å². The zero-order chi connectivity index (χ0) is 15.5. The lowest BCUT2D eigenvalue weighted by molar-refractivity contribution is 0.395. The van der Waals surface area contributed by atoms with Crippen molar-refractivity contribution in [2.24, 2.45) is 0 Å². The molecule has 0 radical (unpaired) electrons. The second-order valence-corrected chi connectivity index (χ2v) is 5.12. The van der Waals surface area contributed by atoms with Crippen LogP contribution in [-0.4, -0.2) is 34.0 Å². The fourth-order valence-electron chi connectivity index (χ4n) is 1.85. The van der Waals surface area contributed by atoms with Gasteiger partial charge in [0.05, 0.1) is 14.2 Å². The van der Waals surface area contributed by atoms with Crippen molar-refractivity contribution in [3.63, 3.8) is 0 Å². The van der Waals surface area contributed by atoms with Crippen LogP contribution in [0.2, 0.25) is 0 Å². The Labute approximate surface area is 130 Å². The number of hydrogen-bond acceptors (Lipinski definition) is 8. The Bertz CT molecular complexity index is 749. The van der Waals surface area contributed by atoms with Crippen LogP contribution in [0.1, 0.15) is 0 Å². The number of nitrogens with two attached hydrogens (primary N) is 1. The van der Waals surface area contributed by atoms with Gasteiger partial charge in [0.25, 0.3) is 0 Å². The summed E-state index contributed by atoms with van der Waals surface area (Å²) in [5.41, 5.74) is 6.59. The molecule has 2 aromatic heterocycles. The van der Waals surface area contributed by atoms with Gasteiger partial charge in [0, 0.05) is 35.5 Å². The number of benzene rings is 1. The minimum absolute atomic E-state index is 0.257. The molecule has 0 spiro atoms. The molecule has 1 aromatic carbocycles. The Morgan fingerprint density at radius 3 is 2.50 bits per heavy atom. The van der Waals surface area contributed by atoms with Gasteiger partial charge in [0.15, 0.2) is 0 Å². The van der Waals surface area contributed by atoms with Gasteiger partial charge in [-0.1, -0.05) is 0 Å². The molecule has 0 aliphatic rings. The highest BCUT2D eigenvalue weighted by Crippen LogP contribution is 2.27. The Kier molecular flexibility index (Phi) is 3.79. The first kappa shape index (κ1) is 14.1. The second-order valence-electron chi connectivity index (χ2n) is 4.25. The van der Waals surface area contributed by atoms with E-state index in [0.29, 0.717) is 22.6 Å². The first-order chi connectivity index (χ1) is 10.7. The normalized spacial score (nSPS) is 10.5. The number of thiazole rings is 1. The number of rotatable bonds is 5. The maximum Gasteiger partial charge on any atom is 0.248 e. The van der Waals surface area contributed by atoms with Gasteiger partial charge in [-0.2, -0.15) is 9.67 Å². The number of nitrogen functional groups attached to an aromatic ring is 1. The third kappa shape index (κ3) is 2.79. The van der Waals surface area contributed by atoms with Crippen LogP contribution in [0.15, 0.2) is 29.8 Å². The van der Waals surface area contributed by atoms with Gasteiger partial charge in [-0.3, -0.25) is 0 Å². The van der Waals surface area contributed by atoms with E-state index in [-0.39, 0.29) is 5.95 Å². The number of nitrogens with one attached hydrogen (secondary N) is 1. The van der Waals surface area contributed by atoms with Crippen LogP contribution in [0.5, 0.6) is 11.5 Å². The number of ether oxygens (including phenoxy) is 2. The molecule has 0 fully saturated rings. The highest BCUT2D eigenvalue weighted by atomic mass is 32.1. The lowest BCUT2D eigenvalue weighted by Crippen LogP contribution is -2.01. The number of anilines is 3. The van der Waals surface area contributed by atoms with Gasteiger partial charge in [-0.15, -0.1) is 16.4 Å². The molecule has 22 heavy (non-hydrogen) atoms. The zero-order valence-electron chi connectivity index (χ0n) is 12.0. The van der Waals surface area contributed by atoms with E-state index >= 15 is 0 Å². The van der Waals surface area contributed by atoms with Crippen molar-refractivity contribution in [2.45, 2.75) is 0 Å². The van der Waals surface area contributed by atoms with Gasteiger partial charge in [-0.05, 0) is 0 Å². The summed E-state index contributed by atoms with van der Waals surface area (Å²) in [6.45, 7) is 0. The Balaban J connectivity index is 1.89. The molecule has 8 nitrogen and oxygen atoms in total. The van der Waals surface area contributed by atoms with Crippen molar-refractivity contribution in [2.75, 3.05) is 25.3 Å². The van der Waals surface area contributed by atoms with Gasteiger partial charge in [-0.25, -0.2) is 4.98 Å². The molecule has 0 atom stereocenters. The summed E-state index contributed by atoms with van der Waals surface area (Å²) in [4.78, 5) is 8.33. The Hall–Kier alpha value is -2.81. The van der Waals surface area contributed by atoms with Crippen LogP contribution < -0.4 is 20.5 Å². The molecule has 0 unspecified atom stereocenters. The van der Waals surface area contributed by atoms with Crippen LogP contribution >= 0.6 is 11.3 Å². The predicted octanol–water partition coefficient (Wildman–Crippen LogP) is 2.07. The van der Waals surface area contributed by atoms with Crippen molar-refractivity contribution in [3.05, 3.63) is 29.8 Å².